The number of hydrogen-bond donors (Lipinski definition) is 3. The monoisotopic (exact) mass is 725 g/mol. The van der Waals surface area contributed by atoms with E-state index in [2.05, 4.69) is 40.2 Å². The van der Waals surface area contributed by atoms with Crippen LogP contribution in [0.2, 0.25) is 10.0 Å². The van der Waals surface area contributed by atoms with Gasteiger partial charge in [0.1, 0.15) is 33.8 Å². The van der Waals surface area contributed by atoms with E-state index in [4.69, 9.17) is 23.2 Å². The molecule has 0 atom stereocenters. The Kier molecular flexibility index (Phi) is 8.47. The fourth-order valence-electron chi connectivity index (χ4n) is 5.77. The Balaban J connectivity index is 1.22. The number of nitrogens with one attached hydrogen (secondary N) is 2. The number of pyridine rings is 1. The van der Waals surface area contributed by atoms with Crippen molar-refractivity contribution in [3.63, 3.8) is 0 Å². The molecule has 1 aliphatic rings. The van der Waals surface area contributed by atoms with Crippen LogP contribution in [0.4, 0.5) is 31.7 Å². The van der Waals surface area contributed by atoms with E-state index in [1.165, 1.54) is 24.5 Å². The van der Waals surface area contributed by atoms with Crippen molar-refractivity contribution >= 4 is 78.2 Å². The van der Waals surface area contributed by atoms with Crippen molar-refractivity contribution in [2.24, 2.45) is 0 Å². The van der Waals surface area contributed by atoms with Gasteiger partial charge in [0, 0.05) is 13.1 Å². The molecule has 0 bridgehead atoms. The summed E-state index contributed by atoms with van der Waals surface area (Å²) in [5.41, 5.74) is 0.813. The third kappa shape index (κ3) is 6.07. The Hall–Kier alpha value is -4.70. The SMILES string of the molecule is CCC1(O)CCN(c2cccc3c2nnn3-c2ccc3ncnc(Nc4c(F)ccc(NS(=O)(=O)c5cccc(Cl)c5Cl)c4F)c3n2)CC1. The van der Waals surface area contributed by atoms with Gasteiger partial charge in [-0.25, -0.2) is 32.2 Å². The van der Waals surface area contributed by atoms with Gasteiger partial charge in [-0.3, -0.25) is 4.72 Å². The van der Waals surface area contributed by atoms with Gasteiger partial charge in [-0.15, -0.1) is 5.10 Å². The molecule has 6 aromatic rings. The highest BCUT2D eigenvalue weighted by molar-refractivity contribution is 7.92. The van der Waals surface area contributed by atoms with Gasteiger partial charge in [0.25, 0.3) is 10.0 Å². The van der Waals surface area contributed by atoms with Crippen LogP contribution in [0.15, 0.2) is 71.9 Å². The van der Waals surface area contributed by atoms with E-state index in [0.29, 0.717) is 54.7 Å². The number of fused-ring (bicyclic) bond motifs is 2. The van der Waals surface area contributed by atoms with E-state index in [0.717, 1.165) is 17.8 Å². The molecule has 0 spiro atoms. The lowest BCUT2D eigenvalue weighted by Crippen LogP contribution is -2.44. The second-order valence-electron chi connectivity index (χ2n) is 11.5. The molecule has 3 aromatic carbocycles. The van der Waals surface area contributed by atoms with E-state index in [1.54, 1.807) is 16.8 Å². The molecule has 12 nitrogen and oxygen atoms in total. The van der Waals surface area contributed by atoms with Gasteiger partial charge in [0.05, 0.1) is 38.1 Å². The average Bonchev–Trinajstić information content (AvgIpc) is 3.54. The van der Waals surface area contributed by atoms with Gasteiger partial charge in [0.15, 0.2) is 17.5 Å². The maximum absolute atomic E-state index is 15.8. The van der Waals surface area contributed by atoms with Gasteiger partial charge in [-0.2, -0.15) is 4.68 Å². The van der Waals surface area contributed by atoms with Crippen molar-refractivity contribution in [1.82, 2.24) is 29.9 Å². The molecule has 0 saturated carbocycles. The molecular weight excluding hydrogens is 699 g/mol. The van der Waals surface area contributed by atoms with Gasteiger partial charge in [0.2, 0.25) is 0 Å². The minimum absolute atomic E-state index is 0.0130. The number of piperidine rings is 1. The summed E-state index contributed by atoms with van der Waals surface area (Å²) in [5.74, 6) is -1.97. The Morgan fingerprint density at radius 1 is 0.980 bits per heavy atom. The summed E-state index contributed by atoms with van der Waals surface area (Å²) in [7, 11) is -4.42. The molecule has 7 rings (SSSR count). The number of aliphatic hydroxyl groups is 1. The topological polar surface area (TPSA) is 151 Å². The second-order valence-corrected chi connectivity index (χ2v) is 14.0. The highest BCUT2D eigenvalue weighted by atomic mass is 35.5. The maximum Gasteiger partial charge on any atom is 0.263 e. The minimum Gasteiger partial charge on any atom is -0.390 e. The quantitative estimate of drug-likeness (QED) is 0.156. The molecule has 3 aromatic heterocycles. The molecule has 0 aliphatic carbocycles. The predicted molar refractivity (Wildman–Crippen MR) is 183 cm³/mol. The third-order valence-corrected chi connectivity index (χ3v) is 11.0. The fourth-order valence-corrected chi connectivity index (χ4v) is 7.59. The summed E-state index contributed by atoms with van der Waals surface area (Å²) in [6, 6.07) is 14.9. The van der Waals surface area contributed by atoms with E-state index >= 15 is 8.78 Å². The second kappa shape index (κ2) is 12.6. The summed E-state index contributed by atoms with van der Waals surface area (Å²) >= 11 is 12.1. The standard InChI is InChI=1S/C32H27Cl2F2N9O3S/c1-2-32(46)13-15-44(16-14-32)22-6-4-7-23-30(22)41-43-45(23)25-12-11-21-29(39-25)31(38-17-37-21)40-28-19(35)9-10-20(27(28)36)42-49(47,48)24-8-3-5-18(33)26(24)34/h3-12,17,42,46H,2,13-16H2,1H3,(H,37,38,40). The highest BCUT2D eigenvalue weighted by Crippen LogP contribution is 2.35. The molecule has 0 radical (unpaired) electrons. The van der Waals surface area contributed by atoms with Gasteiger partial charge in [-0.05, 0) is 67.8 Å². The number of rotatable bonds is 8. The summed E-state index contributed by atoms with van der Waals surface area (Å²) in [6.07, 6.45) is 3.17. The fraction of sp³-hybridized carbons (Fsp3) is 0.219. The van der Waals surface area contributed by atoms with Crippen LogP contribution in [0, 0.1) is 11.6 Å². The first-order valence-electron chi connectivity index (χ1n) is 15.1. The number of aromatic nitrogens is 6. The Morgan fingerprint density at radius 2 is 1.76 bits per heavy atom. The van der Waals surface area contributed by atoms with Gasteiger partial charge >= 0.3 is 0 Å². The first-order valence-corrected chi connectivity index (χ1v) is 17.4. The molecule has 1 fully saturated rings. The zero-order chi connectivity index (χ0) is 34.5. The first-order chi connectivity index (χ1) is 23.5. The normalized spacial score (nSPS) is 14.8. The van der Waals surface area contributed by atoms with Crippen molar-refractivity contribution in [3.05, 3.63) is 88.7 Å². The van der Waals surface area contributed by atoms with Crippen LogP contribution in [0.5, 0.6) is 0 Å². The van der Waals surface area contributed by atoms with Crippen LogP contribution in [-0.4, -0.2) is 62.2 Å². The highest BCUT2D eigenvalue weighted by Gasteiger charge is 2.31. The van der Waals surface area contributed by atoms with Crippen LogP contribution in [0.25, 0.3) is 27.9 Å². The molecule has 17 heteroatoms. The lowest BCUT2D eigenvalue weighted by molar-refractivity contribution is 0.0126. The number of nitrogens with zero attached hydrogens (tertiary/aromatic N) is 7. The molecule has 49 heavy (non-hydrogen) atoms. The van der Waals surface area contributed by atoms with Crippen molar-refractivity contribution in [3.8, 4) is 5.82 Å². The van der Waals surface area contributed by atoms with Crippen LogP contribution in [-0.2, 0) is 10.0 Å². The number of sulfonamides is 1. The van der Waals surface area contributed by atoms with E-state index < -0.39 is 38.6 Å². The van der Waals surface area contributed by atoms with Gasteiger partial charge in [-0.1, -0.05) is 47.5 Å². The van der Waals surface area contributed by atoms with E-state index in [-0.39, 0.29) is 26.3 Å². The molecular formula is C32H27Cl2F2N9O3S. The summed E-state index contributed by atoms with van der Waals surface area (Å²) < 4.78 is 60.6. The molecule has 1 saturated heterocycles. The number of anilines is 4. The molecule has 0 amide bonds. The van der Waals surface area contributed by atoms with E-state index in [9.17, 15) is 13.5 Å². The Bertz CT molecular complexity index is 2350. The summed E-state index contributed by atoms with van der Waals surface area (Å²) in [6.45, 7) is 3.32. The largest absolute Gasteiger partial charge is 0.390 e. The average molecular weight is 727 g/mol. The Labute approximate surface area is 288 Å². The summed E-state index contributed by atoms with van der Waals surface area (Å²) in [5, 5.41) is 21.9. The third-order valence-electron chi connectivity index (χ3n) is 8.62. The maximum atomic E-state index is 15.8. The van der Waals surface area contributed by atoms with Crippen molar-refractivity contribution in [1.29, 1.82) is 0 Å². The van der Waals surface area contributed by atoms with Crippen molar-refractivity contribution in [2.75, 3.05) is 28.0 Å². The number of hydrogen-bond acceptors (Lipinski definition) is 10. The van der Waals surface area contributed by atoms with Gasteiger partial charge < -0.3 is 15.3 Å². The zero-order valence-electron chi connectivity index (χ0n) is 25.7. The predicted octanol–water partition coefficient (Wildman–Crippen LogP) is 6.63. The number of halogens is 4. The van der Waals surface area contributed by atoms with Crippen LogP contribution in [0.1, 0.15) is 26.2 Å². The molecule has 0 unspecified atom stereocenters. The van der Waals surface area contributed by atoms with Crippen LogP contribution < -0.4 is 14.9 Å². The minimum atomic E-state index is -4.42. The lowest BCUT2D eigenvalue weighted by Gasteiger charge is -2.38. The van der Waals surface area contributed by atoms with Crippen molar-refractivity contribution in [2.45, 2.75) is 36.7 Å². The van der Waals surface area contributed by atoms with Crippen LogP contribution >= 0.6 is 23.2 Å². The smallest absolute Gasteiger partial charge is 0.263 e. The lowest BCUT2D eigenvalue weighted by atomic mass is 9.89. The number of benzene rings is 3. The van der Waals surface area contributed by atoms with E-state index in [1.807, 2.05) is 25.1 Å². The molecule has 3 N–H and O–H groups in total. The van der Waals surface area contributed by atoms with Crippen LogP contribution in [0.3, 0.4) is 0 Å². The first kappa shape index (κ1) is 32.8. The molecule has 252 valence electrons. The Morgan fingerprint density at radius 3 is 2.53 bits per heavy atom. The zero-order valence-corrected chi connectivity index (χ0v) is 28.0. The van der Waals surface area contributed by atoms with Crippen molar-refractivity contribution < 1.29 is 22.3 Å². The summed E-state index contributed by atoms with van der Waals surface area (Å²) in [4.78, 5) is 14.9. The molecule has 1 aliphatic heterocycles. The molecule has 4 heterocycles.